The van der Waals surface area contributed by atoms with E-state index >= 15 is 0 Å². The molecule has 2 aromatic rings. The van der Waals surface area contributed by atoms with E-state index in [0.29, 0.717) is 12.8 Å². The van der Waals surface area contributed by atoms with Crippen molar-refractivity contribution in [2.45, 2.75) is 28.9 Å². The molecule has 2 unspecified atom stereocenters. The predicted molar refractivity (Wildman–Crippen MR) is 80.8 cm³/mol. The van der Waals surface area contributed by atoms with E-state index < -0.39 is 15.1 Å². The Hall–Kier alpha value is -1.94. The summed E-state index contributed by atoms with van der Waals surface area (Å²) in [5.74, 6) is -0.420. The normalized spacial score (nSPS) is 22.4. The summed E-state index contributed by atoms with van der Waals surface area (Å²) in [4.78, 5) is 12.4. The summed E-state index contributed by atoms with van der Waals surface area (Å²) >= 11 is 0. The number of hydrogen-bond donors (Lipinski definition) is 0. The topological polar surface area (TPSA) is 51.2 Å². The Kier molecular flexibility index (Phi) is 3.64. The van der Waals surface area contributed by atoms with Crippen molar-refractivity contribution in [2.75, 3.05) is 0 Å². The molecule has 1 aliphatic carbocycles. The molecule has 0 aliphatic heterocycles. The summed E-state index contributed by atoms with van der Waals surface area (Å²) in [6.45, 7) is 0. The van der Waals surface area contributed by atoms with Crippen molar-refractivity contribution in [2.24, 2.45) is 0 Å². The van der Waals surface area contributed by atoms with Gasteiger partial charge in [0.2, 0.25) is 0 Å². The van der Waals surface area contributed by atoms with E-state index in [-0.39, 0.29) is 16.6 Å². The van der Waals surface area contributed by atoms with E-state index in [9.17, 15) is 13.2 Å². The van der Waals surface area contributed by atoms with Gasteiger partial charge in [-0.15, -0.1) is 0 Å². The van der Waals surface area contributed by atoms with Crippen LogP contribution in [0.2, 0.25) is 0 Å². The third-order valence-electron chi connectivity index (χ3n) is 4.02. The number of carbonyl (C=O) groups excluding carboxylic acids is 1. The molecule has 1 aliphatic rings. The highest BCUT2D eigenvalue weighted by Crippen LogP contribution is 2.38. The second-order valence-corrected chi connectivity index (χ2v) is 7.37. The Bertz CT molecular complexity index is 736. The van der Waals surface area contributed by atoms with Crippen LogP contribution in [0.4, 0.5) is 0 Å². The Labute approximate surface area is 124 Å². The molecule has 2 aromatic carbocycles. The summed E-state index contributed by atoms with van der Waals surface area (Å²) in [5, 5.41) is -0.956. The summed E-state index contributed by atoms with van der Waals surface area (Å²) < 4.78 is 25.6. The van der Waals surface area contributed by atoms with Gasteiger partial charge in [0.1, 0.15) is 5.25 Å². The van der Waals surface area contributed by atoms with Crippen molar-refractivity contribution in [3.63, 3.8) is 0 Å². The van der Waals surface area contributed by atoms with Crippen molar-refractivity contribution in [3.8, 4) is 0 Å². The zero-order valence-electron chi connectivity index (χ0n) is 11.5. The fourth-order valence-corrected chi connectivity index (χ4v) is 5.02. The number of sulfone groups is 1. The van der Waals surface area contributed by atoms with Crippen LogP contribution in [0.1, 0.15) is 24.3 Å². The number of ketones is 1. The van der Waals surface area contributed by atoms with E-state index in [1.54, 1.807) is 30.3 Å². The first-order chi connectivity index (χ1) is 10.1. The van der Waals surface area contributed by atoms with Gasteiger partial charge in [0, 0.05) is 12.3 Å². The summed E-state index contributed by atoms with van der Waals surface area (Å²) in [6, 6.07) is 17.7. The molecule has 2 atom stereocenters. The number of carbonyl (C=O) groups is 1. The van der Waals surface area contributed by atoms with Gasteiger partial charge in [-0.1, -0.05) is 48.5 Å². The van der Waals surface area contributed by atoms with Gasteiger partial charge in [-0.05, 0) is 24.1 Å². The zero-order valence-corrected chi connectivity index (χ0v) is 12.3. The minimum absolute atomic E-state index is 0.173. The van der Waals surface area contributed by atoms with Crippen molar-refractivity contribution in [3.05, 3.63) is 66.2 Å². The maximum atomic E-state index is 12.8. The third kappa shape index (κ3) is 2.51. The Morgan fingerprint density at radius 2 is 1.43 bits per heavy atom. The second kappa shape index (κ2) is 5.45. The average Bonchev–Trinajstić information content (AvgIpc) is 2.91. The number of hydrogen-bond acceptors (Lipinski definition) is 3. The fourth-order valence-electron chi connectivity index (χ4n) is 3.00. The number of benzene rings is 2. The van der Waals surface area contributed by atoms with Crippen LogP contribution in [0, 0.1) is 0 Å². The van der Waals surface area contributed by atoms with E-state index in [1.807, 2.05) is 30.3 Å². The highest BCUT2D eigenvalue weighted by Gasteiger charge is 2.45. The molecule has 0 heterocycles. The Morgan fingerprint density at radius 1 is 0.857 bits per heavy atom. The van der Waals surface area contributed by atoms with Crippen molar-refractivity contribution < 1.29 is 13.2 Å². The molecule has 0 amide bonds. The molecule has 3 nitrogen and oxygen atoms in total. The SMILES string of the molecule is O=C1CCC(c2ccccc2)C1S(=O)(=O)c1ccccc1. The smallest absolute Gasteiger partial charge is 0.188 e. The average molecular weight is 300 g/mol. The molecule has 0 aromatic heterocycles. The summed E-state index contributed by atoms with van der Waals surface area (Å²) in [6.07, 6.45) is 0.926. The first kappa shape index (κ1) is 14.0. The molecule has 1 saturated carbocycles. The lowest BCUT2D eigenvalue weighted by Crippen LogP contribution is -2.30. The van der Waals surface area contributed by atoms with Crippen LogP contribution in [0.5, 0.6) is 0 Å². The highest BCUT2D eigenvalue weighted by atomic mass is 32.2. The predicted octanol–water partition coefficient (Wildman–Crippen LogP) is 2.98. The maximum absolute atomic E-state index is 12.8. The lowest BCUT2D eigenvalue weighted by molar-refractivity contribution is -0.117. The van der Waals surface area contributed by atoms with Crippen LogP contribution < -0.4 is 0 Å². The van der Waals surface area contributed by atoms with Crippen LogP contribution in [0.25, 0.3) is 0 Å². The van der Waals surface area contributed by atoms with Gasteiger partial charge in [0.05, 0.1) is 4.90 Å². The van der Waals surface area contributed by atoms with Gasteiger partial charge in [0.25, 0.3) is 0 Å². The maximum Gasteiger partial charge on any atom is 0.188 e. The van der Waals surface area contributed by atoms with Crippen LogP contribution in [-0.4, -0.2) is 19.5 Å². The molecule has 0 spiro atoms. The molecule has 0 saturated heterocycles. The fraction of sp³-hybridized carbons (Fsp3) is 0.235. The standard InChI is InChI=1S/C17H16O3S/c18-16-12-11-15(13-7-3-1-4-8-13)17(16)21(19,20)14-9-5-2-6-10-14/h1-10,15,17H,11-12H2. The van der Waals surface area contributed by atoms with Gasteiger partial charge in [-0.3, -0.25) is 4.79 Å². The number of rotatable bonds is 3. The largest absolute Gasteiger partial charge is 0.298 e. The Morgan fingerprint density at radius 3 is 2.05 bits per heavy atom. The van der Waals surface area contributed by atoms with Crippen molar-refractivity contribution in [1.82, 2.24) is 0 Å². The molecule has 4 heteroatoms. The van der Waals surface area contributed by atoms with Gasteiger partial charge in [0.15, 0.2) is 15.6 Å². The van der Waals surface area contributed by atoms with Crippen LogP contribution in [0.3, 0.4) is 0 Å². The summed E-state index contributed by atoms with van der Waals surface area (Å²) in [7, 11) is -3.63. The van der Waals surface area contributed by atoms with Crippen LogP contribution in [0.15, 0.2) is 65.6 Å². The Balaban J connectivity index is 2.05. The summed E-state index contributed by atoms with van der Waals surface area (Å²) in [5.41, 5.74) is 0.924. The third-order valence-corrected chi connectivity index (χ3v) is 6.21. The molecule has 3 rings (SSSR count). The van der Waals surface area contributed by atoms with Crippen molar-refractivity contribution in [1.29, 1.82) is 0 Å². The zero-order chi connectivity index (χ0) is 14.9. The minimum Gasteiger partial charge on any atom is -0.298 e. The molecule has 0 bridgehead atoms. The molecular formula is C17H16O3S. The lowest BCUT2D eigenvalue weighted by Gasteiger charge is -2.19. The molecule has 0 radical (unpaired) electrons. The van der Waals surface area contributed by atoms with Crippen LogP contribution in [-0.2, 0) is 14.6 Å². The van der Waals surface area contributed by atoms with E-state index in [0.717, 1.165) is 5.56 Å². The van der Waals surface area contributed by atoms with E-state index in [4.69, 9.17) is 0 Å². The first-order valence-corrected chi connectivity index (χ1v) is 8.52. The van der Waals surface area contributed by atoms with Gasteiger partial charge < -0.3 is 0 Å². The van der Waals surface area contributed by atoms with Crippen molar-refractivity contribution >= 4 is 15.6 Å². The lowest BCUT2D eigenvalue weighted by atomic mass is 9.97. The van der Waals surface area contributed by atoms with Crippen LogP contribution >= 0.6 is 0 Å². The van der Waals surface area contributed by atoms with Gasteiger partial charge >= 0.3 is 0 Å². The first-order valence-electron chi connectivity index (χ1n) is 6.97. The number of Topliss-reactive ketones (excluding diaryl/α,β-unsaturated/α-hetero) is 1. The minimum atomic E-state index is -3.63. The second-order valence-electron chi connectivity index (χ2n) is 5.30. The molecule has 108 valence electrons. The monoisotopic (exact) mass is 300 g/mol. The molecule has 21 heavy (non-hydrogen) atoms. The molecule has 1 fully saturated rings. The van der Waals surface area contributed by atoms with Gasteiger partial charge in [-0.2, -0.15) is 0 Å². The molecule has 0 N–H and O–H groups in total. The molecular weight excluding hydrogens is 284 g/mol. The quantitative estimate of drug-likeness (QED) is 0.875. The van der Waals surface area contributed by atoms with Gasteiger partial charge in [-0.25, -0.2) is 8.42 Å². The van der Waals surface area contributed by atoms with E-state index in [1.165, 1.54) is 0 Å². The highest BCUT2D eigenvalue weighted by molar-refractivity contribution is 7.92. The van der Waals surface area contributed by atoms with E-state index in [2.05, 4.69) is 0 Å².